The second kappa shape index (κ2) is 4.87. The molecule has 0 aromatic heterocycles. The molecule has 0 saturated carbocycles. The lowest BCUT2D eigenvalue weighted by Gasteiger charge is -2.02. The summed E-state index contributed by atoms with van der Waals surface area (Å²) < 4.78 is 5.68. The smallest absolute Gasteiger partial charge is 0.189 e. The standard InChI is InChI=1S/C18H12N2O/c1-2-6-14-11-15(10-9-13(14)5-1)21-12-18-19-16-7-3-4-8-17(16)20-18/h1-12H. The largest absolute Gasteiger partial charge is 0.461 e. The SMILES string of the molecule is C(Oc1ccc2ccccc2c1)=C1N=c2ccccc2=N1. The first-order chi connectivity index (χ1) is 10.4. The van der Waals surface area contributed by atoms with Crippen LogP contribution >= 0.6 is 0 Å². The molecule has 0 fully saturated rings. The van der Waals surface area contributed by atoms with E-state index in [0.29, 0.717) is 5.82 Å². The second-order valence-corrected chi connectivity index (χ2v) is 4.82. The molecule has 0 atom stereocenters. The van der Waals surface area contributed by atoms with Crippen LogP contribution in [0.25, 0.3) is 10.8 Å². The maximum absolute atomic E-state index is 5.68. The van der Waals surface area contributed by atoms with E-state index in [-0.39, 0.29) is 0 Å². The molecule has 0 amide bonds. The molecule has 1 heterocycles. The fraction of sp³-hybridized carbons (Fsp3) is 0. The van der Waals surface area contributed by atoms with Crippen LogP contribution in [0.4, 0.5) is 0 Å². The highest BCUT2D eigenvalue weighted by molar-refractivity contribution is 5.83. The minimum Gasteiger partial charge on any atom is -0.461 e. The van der Waals surface area contributed by atoms with Gasteiger partial charge in [0, 0.05) is 0 Å². The Morgan fingerprint density at radius 1 is 0.714 bits per heavy atom. The average molecular weight is 272 g/mol. The lowest BCUT2D eigenvalue weighted by molar-refractivity contribution is 0.475. The van der Waals surface area contributed by atoms with Gasteiger partial charge in [-0.3, -0.25) is 0 Å². The van der Waals surface area contributed by atoms with Crippen molar-refractivity contribution in [1.29, 1.82) is 0 Å². The summed E-state index contributed by atoms with van der Waals surface area (Å²) >= 11 is 0. The van der Waals surface area contributed by atoms with Gasteiger partial charge in [0.2, 0.25) is 0 Å². The Labute approximate surface area is 121 Å². The third kappa shape index (κ3) is 2.30. The molecular formula is C18H12N2O. The number of fused-ring (bicyclic) bond motifs is 2. The number of nitrogens with zero attached hydrogens (tertiary/aromatic N) is 2. The Hall–Kier alpha value is -2.94. The van der Waals surface area contributed by atoms with E-state index < -0.39 is 0 Å². The molecule has 100 valence electrons. The number of hydrogen-bond acceptors (Lipinski definition) is 3. The lowest BCUT2D eigenvalue weighted by atomic mass is 10.1. The van der Waals surface area contributed by atoms with Gasteiger partial charge in [0.1, 0.15) is 12.0 Å². The van der Waals surface area contributed by atoms with Gasteiger partial charge in [-0.2, -0.15) is 0 Å². The molecule has 3 aromatic rings. The molecule has 1 aliphatic rings. The van der Waals surface area contributed by atoms with Crippen molar-refractivity contribution >= 4 is 10.8 Å². The van der Waals surface area contributed by atoms with Crippen molar-refractivity contribution < 1.29 is 4.74 Å². The van der Waals surface area contributed by atoms with E-state index in [0.717, 1.165) is 21.9 Å². The monoisotopic (exact) mass is 272 g/mol. The summed E-state index contributed by atoms with van der Waals surface area (Å²) in [6.45, 7) is 0. The highest BCUT2D eigenvalue weighted by Gasteiger charge is 2.02. The van der Waals surface area contributed by atoms with Crippen LogP contribution < -0.4 is 15.5 Å². The first kappa shape index (κ1) is 11.9. The van der Waals surface area contributed by atoms with Gasteiger partial charge < -0.3 is 4.74 Å². The van der Waals surface area contributed by atoms with Gasteiger partial charge in [-0.15, -0.1) is 0 Å². The van der Waals surface area contributed by atoms with Crippen molar-refractivity contribution in [3.63, 3.8) is 0 Å². The van der Waals surface area contributed by atoms with Gasteiger partial charge in [0.15, 0.2) is 5.82 Å². The van der Waals surface area contributed by atoms with Crippen molar-refractivity contribution in [2.24, 2.45) is 9.98 Å². The maximum atomic E-state index is 5.68. The molecule has 0 saturated heterocycles. The Morgan fingerprint density at radius 3 is 2.14 bits per heavy atom. The normalized spacial score (nSPS) is 12.5. The van der Waals surface area contributed by atoms with Crippen LogP contribution in [0.3, 0.4) is 0 Å². The zero-order valence-corrected chi connectivity index (χ0v) is 11.2. The molecule has 21 heavy (non-hydrogen) atoms. The van der Waals surface area contributed by atoms with Crippen molar-refractivity contribution in [2.75, 3.05) is 0 Å². The van der Waals surface area contributed by atoms with Crippen LogP contribution in [0.2, 0.25) is 0 Å². The third-order valence-electron chi connectivity index (χ3n) is 3.37. The topological polar surface area (TPSA) is 34.0 Å². The number of rotatable bonds is 2. The first-order valence-corrected chi connectivity index (χ1v) is 6.77. The summed E-state index contributed by atoms with van der Waals surface area (Å²) in [6.07, 6.45) is 1.59. The van der Waals surface area contributed by atoms with Crippen LogP contribution in [0.5, 0.6) is 5.75 Å². The van der Waals surface area contributed by atoms with Gasteiger partial charge in [-0.1, -0.05) is 42.5 Å². The van der Waals surface area contributed by atoms with Crippen molar-refractivity contribution in [3.05, 3.63) is 89.5 Å². The summed E-state index contributed by atoms with van der Waals surface area (Å²) in [4.78, 5) is 8.80. The molecule has 0 spiro atoms. The quantitative estimate of drug-likeness (QED) is 0.660. The Morgan fingerprint density at radius 2 is 1.38 bits per heavy atom. The zero-order chi connectivity index (χ0) is 14.1. The van der Waals surface area contributed by atoms with Gasteiger partial charge in [0.05, 0.1) is 10.7 Å². The zero-order valence-electron chi connectivity index (χ0n) is 11.2. The summed E-state index contributed by atoms with van der Waals surface area (Å²) in [5.74, 6) is 1.37. The number of para-hydroxylation sites is 2. The molecule has 0 aliphatic carbocycles. The molecule has 3 aromatic carbocycles. The number of ether oxygens (including phenoxy) is 1. The van der Waals surface area contributed by atoms with Gasteiger partial charge >= 0.3 is 0 Å². The van der Waals surface area contributed by atoms with Gasteiger partial charge in [-0.25, -0.2) is 9.98 Å². The van der Waals surface area contributed by atoms with Crippen LogP contribution in [-0.2, 0) is 0 Å². The molecule has 0 unspecified atom stereocenters. The van der Waals surface area contributed by atoms with E-state index in [2.05, 4.69) is 22.1 Å². The highest BCUT2D eigenvalue weighted by atomic mass is 16.5. The summed E-state index contributed by atoms with van der Waals surface area (Å²) in [5.41, 5.74) is 0. The Balaban J connectivity index is 1.64. The second-order valence-electron chi connectivity index (χ2n) is 4.82. The van der Waals surface area contributed by atoms with Crippen LogP contribution in [0.1, 0.15) is 0 Å². The fourth-order valence-electron chi connectivity index (χ4n) is 2.34. The van der Waals surface area contributed by atoms with E-state index >= 15 is 0 Å². The number of benzene rings is 3. The fourth-order valence-corrected chi connectivity index (χ4v) is 2.34. The van der Waals surface area contributed by atoms with Crippen molar-refractivity contribution in [1.82, 2.24) is 0 Å². The summed E-state index contributed by atoms with van der Waals surface area (Å²) in [5, 5.41) is 4.11. The van der Waals surface area contributed by atoms with E-state index in [1.807, 2.05) is 54.6 Å². The average Bonchev–Trinajstić information content (AvgIpc) is 2.95. The minimum absolute atomic E-state index is 0.587. The minimum atomic E-state index is 0.587. The molecule has 3 nitrogen and oxygen atoms in total. The maximum Gasteiger partial charge on any atom is 0.189 e. The number of hydrogen-bond donors (Lipinski definition) is 0. The molecule has 4 rings (SSSR count). The summed E-state index contributed by atoms with van der Waals surface area (Å²) in [7, 11) is 0. The highest BCUT2D eigenvalue weighted by Crippen LogP contribution is 2.21. The first-order valence-electron chi connectivity index (χ1n) is 6.77. The predicted octanol–water partition coefficient (Wildman–Crippen LogP) is 2.97. The predicted molar refractivity (Wildman–Crippen MR) is 81.4 cm³/mol. The van der Waals surface area contributed by atoms with Crippen molar-refractivity contribution in [2.45, 2.75) is 0 Å². The molecule has 0 bridgehead atoms. The Bertz CT molecular complexity index is 937. The van der Waals surface area contributed by atoms with E-state index in [1.165, 1.54) is 5.39 Å². The van der Waals surface area contributed by atoms with Gasteiger partial charge in [-0.05, 0) is 35.0 Å². The van der Waals surface area contributed by atoms with E-state index in [1.54, 1.807) is 6.26 Å². The van der Waals surface area contributed by atoms with Crippen molar-refractivity contribution in [3.8, 4) is 5.75 Å². The molecule has 0 radical (unpaired) electrons. The molecule has 0 N–H and O–H groups in total. The van der Waals surface area contributed by atoms with Crippen LogP contribution in [0, 0.1) is 0 Å². The summed E-state index contributed by atoms with van der Waals surface area (Å²) in [6, 6.07) is 22.0. The molecular weight excluding hydrogens is 260 g/mol. The third-order valence-corrected chi connectivity index (χ3v) is 3.37. The van der Waals surface area contributed by atoms with E-state index in [9.17, 15) is 0 Å². The van der Waals surface area contributed by atoms with Gasteiger partial charge in [0.25, 0.3) is 0 Å². The molecule has 3 heteroatoms. The lowest BCUT2D eigenvalue weighted by Crippen LogP contribution is -2.19. The van der Waals surface area contributed by atoms with Crippen LogP contribution in [-0.4, -0.2) is 0 Å². The van der Waals surface area contributed by atoms with E-state index in [4.69, 9.17) is 4.74 Å². The van der Waals surface area contributed by atoms with Crippen LogP contribution in [0.15, 0.2) is 88.8 Å². The molecule has 1 aliphatic heterocycles. The Kier molecular flexibility index (Phi) is 2.75.